The lowest BCUT2D eigenvalue weighted by Crippen LogP contribution is -2.52. The number of nitrogens with two attached hydrogens (primary N) is 1. The molecule has 0 aliphatic heterocycles. The lowest BCUT2D eigenvalue weighted by Gasteiger charge is -2.37. The Labute approximate surface area is 139 Å². The van der Waals surface area contributed by atoms with E-state index < -0.39 is 0 Å². The Morgan fingerprint density at radius 3 is 2.55 bits per heavy atom. The topological polar surface area (TPSA) is 64.3 Å². The Morgan fingerprint density at radius 2 is 1.95 bits per heavy atom. The molecule has 22 heavy (non-hydrogen) atoms. The van der Waals surface area contributed by atoms with Crippen LogP contribution in [-0.2, 0) is 22.7 Å². The van der Waals surface area contributed by atoms with Crippen LogP contribution in [0.25, 0.3) is 0 Å². The molecule has 1 aromatic carbocycles. The molecule has 2 rings (SSSR count). The van der Waals surface area contributed by atoms with E-state index in [0.717, 1.165) is 36.8 Å². The molecule has 0 bridgehead atoms. The van der Waals surface area contributed by atoms with Gasteiger partial charge in [0.05, 0.1) is 12.5 Å². The van der Waals surface area contributed by atoms with Crippen molar-refractivity contribution in [1.82, 2.24) is 5.32 Å². The minimum absolute atomic E-state index is 0. The number of hydrogen-bond acceptors (Lipinski definition) is 3. The first kappa shape index (κ1) is 18.9. The van der Waals surface area contributed by atoms with E-state index in [1.54, 1.807) is 7.11 Å². The molecule has 1 saturated carbocycles. The number of hydrogen-bond donors (Lipinski definition) is 2. The number of amides is 1. The molecule has 1 aliphatic carbocycles. The molecule has 2 atom stereocenters. The van der Waals surface area contributed by atoms with Gasteiger partial charge in [0.25, 0.3) is 0 Å². The number of rotatable bonds is 5. The molecule has 0 radical (unpaired) electrons. The van der Waals surface area contributed by atoms with E-state index in [1.165, 1.54) is 0 Å². The zero-order valence-electron chi connectivity index (χ0n) is 13.4. The molecule has 0 heterocycles. The van der Waals surface area contributed by atoms with Crippen LogP contribution in [0, 0.1) is 5.92 Å². The molecule has 4 nitrogen and oxygen atoms in total. The zero-order chi connectivity index (χ0) is 15.3. The first-order valence-corrected chi connectivity index (χ1v) is 7.66. The number of carbonyl (C=O) groups excluding carboxylic acids is 1. The Bertz CT molecular complexity index is 474. The van der Waals surface area contributed by atoms with Crippen molar-refractivity contribution >= 4 is 18.3 Å². The molecule has 1 aromatic rings. The maximum atomic E-state index is 12.3. The van der Waals surface area contributed by atoms with E-state index in [-0.39, 0.29) is 29.8 Å². The Balaban J connectivity index is 0.00000242. The highest BCUT2D eigenvalue weighted by Crippen LogP contribution is 2.31. The number of benzene rings is 1. The van der Waals surface area contributed by atoms with Gasteiger partial charge in [-0.1, -0.05) is 37.1 Å². The van der Waals surface area contributed by atoms with Gasteiger partial charge >= 0.3 is 0 Å². The fourth-order valence-corrected chi connectivity index (χ4v) is 3.02. The summed E-state index contributed by atoms with van der Waals surface area (Å²) in [5.74, 6) is 0.0136. The number of ether oxygens (including phenoxy) is 1. The van der Waals surface area contributed by atoms with Gasteiger partial charge in [-0.25, -0.2) is 0 Å². The minimum Gasteiger partial charge on any atom is -0.380 e. The van der Waals surface area contributed by atoms with E-state index in [1.807, 2.05) is 31.2 Å². The van der Waals surface area contributed by atoms with Crippen LogP contribution in [0.3, 0.4) is 0 Å². The first-order valence-electron chi connectivity index (χ1n) is 7.66. The van der Waals surface area contributed by atoms with Gasteiger partial charge in [0, 0.05) is 19.2 Å². The van der Waals surface area contributed by atoms with Crippen LogP contribution in [-0.4, -0.2) is 18.6 Å². The lowest BCUT2D eigenvalue weighted by molar-refractivity contribution is -0.128. The van der Waals surface area contributed by atoms with E-state index in [4.69, 9.17) is 10.5 Å². The molecular weight excluding hydrogens is 300 g/mol. The monoisotopic (exact) mass is 326 g/mol. The predicted octanol–water partition coefficient (Wildman–Crippen LogP) is 2.78. The Kier molecular flexibility index (Phi) is 7.33. The SMILES string of the molecule is COCc1ccc(CNC(=O)C2CCCCC2(C)N)cc1.Cl. The van der Waals surface area contributed by atoms with Gasteiger partial charge < -0.3 is 15.8 Å². The number of methoxy groups -OCH3 is 1. The van der Waals surface area contributed by atoms with E-state index in [9.17, 15) is 4.79 Å². The molecular formula is C17H27ClN2O2. The van der Waals surface area contributed by atoms with Crippen LogP contribution >= 0.6 is 12.4 Å². The van der Waals surface area contributed by atoms with Crippen LogP contribution in [0.2, 0.25) is 0 Å². The lowest BCUT2D eigenvalue weighted by atomic mass is 9.74. The third-order valence-corrected chi connectivity index (χ3v) is 4.37. The molecule has 124 valence electrons. The van der Waals surface area contributed by atoms with Crippen molar-refractivity contribution in [2.75, 3.05) is 7.11 Å². The second-order valence-electron chi connectivity index (χ2n) is 6.27. The summed E-state index contributed by atoms with van der Waals surface area (Å²) in [6.45, 7) is 3.16. The third-order valence-electron chi connectivity index (χ3n) is 4.37. The van der Waals surface area contributed by atoms with Gasteiger partial charge in [0.2, 0.25) is 5.91 Å². The molecule has 0 aromatic heterocycles. The molecule has 0 saturated heterocycles. The zero-order valence-corrected chi connectivity index (χ0v) is 14.2. The van der Waals surface area contributed by atoms with Gasteiger partial charge in [-0.2, -0.15) is 0 Å². The molecule has 1 aliphatic rings. The first-order chi connectivity index (χ1) is 10.0. The molecule has 5 heteroatoms. The van der Waals surface area contributed by atoms with E-state index >= 15 is 0 Å². The smallest absolute Gasteiger partial charge is 0.225 e. The highest BCUT2D eigenvalue weighted by Gasteiger charge is 2.37. The standard InChI is InChI=1S/C17H26N2O2.ClH/c1-17(18)10-4-3-5-15(17)16(20)19-11-13-6-8-14(9-7-13)12-21-2;/h6-9,15H,3-5,10-12,18H2,1-2H3,(H,19,20);1H. The van der Waals surface area contributed by atoms with Gasteiger partial charge in [-0.05, 0) is 30.9 Å². The van der Waals surface area contributed by atoms with Crippen molar-refractivity contribution in [3.63, 3.8) is 0 Å². The van der Waals surface area contributed by atoms with Crippen LogP contribution < -0.4 is 11.1 Å². The molecule has 2 unspecified atom stereocenters. The highest BCUT2D eigenvalue weighted by molar-refractivity contribution is 5.85. The van der Waals surface area contributed by atoms with Crippen molar-refractivity contribution in [2.45, 2.75) is 51.3 Å². The van der Waals surface area contributed by atoms with Crippen molar-refractivity contribution in [2.24, 2.45) is 11.7 Å². The summed E-state index contributed by atoms with van der Waals surface area (Å²) in [7, 11) is 1.68. The summed E-state index contributed by atoms with van der Waals surface area (Å²) in [6, 6.07) is 8.10. The second kappa shape index (κ2) is 8.51. The quantitative estimate of drug-likeness (QED) is 0.874. The van der Waals surface area contributed by atoms with Gasteiger partial charge in [0.15, 0.2) is 0 Å². The van der Waals surface area contributed by atoms with Crippen LogP contribution in [0.15, 0.2) is 24.3 Å². The summed E-state index contributed by atoms with van der Waals surface area (Å²) in [4.78, 5) is 12.3. The summed E-state index contributed by atoms with van der Waals surface area (Å²) in [6.07, 6.45) is 4.04. The number of halogens is 1. The fraction of sp³-hybridized carbons (Fsp3) is 0.588. The molecule has 3 N–H and O–H groups in total. The Morgan fingerprint density at radius 1 is 1.32 bits per heavy atom. The summed E-state index contributed by atoms with van der Waals surface area (Å²) in [5, 5.41) is 3.03. The summed E-state index contributed by atoms with van der Waals surface area (Å²) >= 11 is 0. The average Bonchev–Trinajstić information content (AvgIpc) is 2.46. The molecule has 0 spiro atoms. The maximum Gasteiger partial charge on any atom is 0.225 e. The minimum atomic E-state index is -0.370. The predicted molar refractivity (Wildman–Crippen MR) is 90.8 cm³/mol. The maximum absolute atomic E-state index is 12.3. The van der Waals surface area contributed by atoms with E-state index in [0.29, 0.717) is 13.2 Å². The fourth-order valence-electron chi connectivity index (χ4n) is 3.02. The van der Waals surface area contributed by atoms with Crippen LogP contribution in [0.5, 0.6) is 0 Å². The van der Waals surface area contributed by atoms with Crippen molar-refractivity contribution in [3.05, 3.63) is 35.4 Å². The van der Waals surface area contributed by atoms with E-state index in [2.05, 4.69) is 5.32 Å². The average molecular weight is 327 g/mol. The second-order valence-corrected chi connectivity index (χ2v) is 6.27. The largest absolute Gasteiger partial charge is 0.380 e. The van der Waals surface area contributed by atoms with Crippen LogP contribution in [0.4, 0.5) is 0 Å². The number of carbonyl (C=O) groups is 1. The van der Waals surface area contributed by atoms with Crippen molar-refractivity contribution in [1.29, 1.82) is 0 Å². The highest BCUT2D eigenvalue weighted by atomic mass is 35.5. The molecule has 1 amide bonds. The normalized spacial score (nSPS) is 24.4. The van der Waals surface area contributed by atoms with Gasteiger partial charge in [-0.15, -0.1) is 12.4 Å². The van der Waals surface area contributed by atoms with Gasteiger partial charge in [-0.3, -0.25) is 4.79 Å². The van der Waals surface area contributed by atoms with Crippen LogP contribution in [0.1, 0.15) is 43.7 Å². The summed E-state index contributed by atoms with van der Waals surface area (Å²) < 4.78 is 5.08. The van der Waals surface area contributed by atoms with Crippen molar-refractivity contribution < 1.29 is 9.53 Å². The van der Waals surface area contributed by atoms with Crippen molar-refractivity contribution in [3.8, 4) is 0 Å². The number of nitrogens with one attached hydrogen (secondary N) is 1. The van der Waals surface area contributed by atoms with Gasteiger partial charge in [0.1, 0.15) is 0 Å². The summed E-state index contributed by atoms with van der Waals surface area (Å²) in [5.41, 5.74) is 8.13. The Hall–Kier alpha value is -1.10. The third kappa shape index (κ3) is 4.97. The molecule has 1 fully saturated rings.